The number of ether oxygens (including phenoxy) is 2. The highest BCUT2D eigenvalue weighted by Crippen LogP contribution is 2.36. The van der Waals surface area contributed by atoms with Crippen LogP contribution < -0.4 is 10.1 Å². The largest absolute Gasteiger partial charge is 0.437 e. The number of aromatic nitrogens is 1. The van der Waals surface area contributed by atoms with Gasteiger partial charge in [0.1, 0.15) is 17.4 Å². The van der Waals surface area contributed by atoms with Crippen LogP contribution >= 0.6 is 11.6 Å². The molecule has 1 aliphatic rings. The molecule has 0 saturated carbocycles. The molecule has 0 radical (unpaired) electrons. The number of likely N-dealkylation sites (tertiary alicyclic amines) is 1. The molecule has 2 aromatic carbocycles. The van der Waals surface area contributed by atoms with E-state index in [-0.39, 0.29) is 47.4 Å². The Morgan fingerprint density at radius 1 is 1.15 bits per heavy atom. The lowest BCUT2D eigenvalue weighted by atomic mass is 10.2. The molecule has 41 heavy (non-hydrogen) atoms. The van der Waals surface area contributed by atoms with E-state index in [1.165, 1.54) is 18.3 Å². The molecule has 1 aromatic heterocycles. The summed E-state index contributed by atoms with van der Waals surface area (Å²) in [6.07, 6.45) is -2.41. The van der Waals surface area contributed by atoms with Gasteiger partial charge in [0.15, 0.2) is 0 Å². The second-order valence-corrected chi connectivity index (χ2v) is 10.2. The van der Waals surface area contributed by atoms with E-state index < -0.39 is 23.7 Å². The Balaban J connectivity index is 1.51. The summed E-state index contributed by atoms with van der Waals surface area (Å²) in [6, 6.07) is 14.2. The van der Waals surface area contributed by atoms with Crippen molar-refractivity contribution in [1.82, 2.24) is 20.1 Å². The summed E-state index contributed by atoms with van der Waals surface area (Å²) in [5.74, 6) is -1.25. The van der Waals surface area contributed by atoms with Gasteiger partial charge >= 0.3 is 6.18 Å². The standard InChI is InChI=1S/C29H30ClF3N4O4/c1-36(2)21-12-14-37(16-21)28(39)24(18-40-17-19-7-4-3-5-8-19)35-26(38)22-9-6-13-34-27(22)41-25-11-10-20(15-23(25)30)29(31,32)33/h3-11,13,15,21,24H,12,14,16-18H2,1-2H3,(H,35,38)/t21-,24?/m1/s1. The van der Waals surface area contributed by atoms with Crippen molar-refractivity contribution in [3.05, 3.63) is 88.6 Å². The lowest BCUT2D eigenvalue weighted by Gasteiger charge is -2.25. The number of rotatable bonds is 10. The van der Waals surface area contributed by atoms with Crippen molar-refractivity contribution in [3.63, 3.8) is 0 Å². The van der Waals surface area contributed by atoms with Crippen molar-refractivity contribution in [2.45, 2.75) is 31.3 Å². The fourth-order valence-electron chi connectivity index (χ4n) is 4.37. The van der Waals surface area contributed by atoms with Gasteiger partial charge in [-0.25, -0.2) is 4.98 Å². The Morgan fingerprint density at radius 2 is 1.90 bits per heavy atom. The maximum atomic E-state index is 13.5. The van der Waals surface area contributed by atoms with Crippen molar-refractivity contribution in [2.75, 3.05) is 33.8 Å². The minimum Gasteiger partial charge on any atom is -0.437 e. The van der Waals surface area contributed by atoms with E-state index >= 15 is 0 Å². The number of carbonyl (C=O) groups excluding carboxylic acids is 2. The molecule has 1 N–H and O–H groups in total. The highest BCUT2D eigenvalue weighted by Gasteiger charge is 2.34. The van der Waals surface area contributed by atoms with Crippen LogP contribution in [0.25, 0.3) is 0 Å². The lowest BCUT2D eigenvalue weighted by molar-refractivity contribution is -0.137. The molecule has 4 rings (SSSR count). The third-order valence-electron chi connectivity index (χ3n) is 6.69. The van der Waals surface area contributed by atoms with E-state index in [2.05, 4.69) is 15.2 Å². The summed E-state index contributed by atoms with van der Waals surface area (Å²) in [5, 5.41) is 2.44. The Kier molecular flexibility index (Phi) is 9.85. The van der Waals surface area contributed by atoms with Crippen molar-refractivity contribution in [3.8, 4) is 11.6 Å². The summed E-state index contributed by atoms with van der Waals surface area (Å²) < 4.78 is 50.6. The van der Waals surface area contributed by atoms with Gasteiger partial charge in [-0.15, -0.1) is 0 Å². The van der Waals surface area contributed by atoms with E-state index in [1.54, 1.807) is 4.90 Å². The fraction of sp³-hybridized carbons (Fsp3) is 0.345. The molecular formula is C29H30ClF3N4O4. The Hall–Kier alpha value is -3.67. The van der Waals surface area contributed by atoms with Crippen molar-refractivity contribution < 1.29 is 32.2 Å². The minimum atomic E-state index is -4.58. The zero-order valence-electron chi connectivity index (χ0n) is 22.5. The molecule has 1 saturated heterocycles. The molecule has 1 unspecified atom stereocenters. The predicted molar refractivity (Wildman–Crippen MR) is 147 cm³/mol. The van der Waals surface area contributed by atoms with Crippen LogP contribution in [0.1, 0.15) is 27.9 Å². The summed E-state index contributed by atoms with van der Waals surface area (Å²) in [5.41, 5.74) is -0.0590. The van der Waals surface area contributed by atoms with Gasteiger partial charge in [-0.3, -0.25) is 9.59 Å². The van der Waals surface area contributed by atoms with Gasteiger partial charge in [0.05, 0.1) is 23.8 Å². The summed E-state index contributed by atoms with van der Waals surface area (Å²) in [4.78, 5) is 34.8. The SMILES string of the molecule is CN(C)[C@@H]1CCN(C(=O)C(COCc2ccccc2)NC(=O)c2cccnc2Oc2ccc(C(F)(F)F)cc2Cl)C1. The quantitative estimate of drug-likeness (QED) is 0.357. The zero-order valence-corrected chi connectivity index (χ0v) is 23.3. The molecule has 2 amide bonds. The van der Waals surface area contributed by atoms with Gasteiger partial charge in [-0.1, -0.05) is 41.9 Å². The summed E-state index contributed by atoms with van der Waals surface area (Å²) in [6.45, 7) is 1.23. The Labute approximate surface area is 241 Å². The maximum Gasteiger partial charge on any atom is 0.416 e. The average Bonchev–Trinajstić information content (AvgIpc) is 3.44. The summed E-state index contributed by atoms with van der Waals surface area (Å²) in [7, 11) is 3.90. The average molecular weight is 591 g/mol. The van der Waals surface area contributed by atoms with Crippen LogP contribution in [0, 0.1) is 0 Å². The minimum absolute atomic E-state index is 0.0306. The first-order chi connectivity index (χ1) is 19.5. The highest BCUT2D eigenvalue weighted by molar-refractivity contribution is 6.32. The zero-order chi connectivity index (χ0) is 29.6. The first-order valence-corrected chi connectivity index (χ1v) is 13.3. The summed E-state index contributed by atoms with van der Waals surface area (Å²) >= 11 is 6.03. The molecule has 218 valence electrons. The third-order valence-corrected chi connectivity index (χ3v) is 6.98. The van der Waals surface area contributed by atoms with Crippen molar-refractivity contribution in [2.24, 2.45) is 0 Å². The Bertz CT molecular complexity index is 1360. The molecule has 0 aliphatic carbocycles. The number of amides is 2. The Morgan fingerprint density at radius 3 is 2.56 bits per heavy atom. The van der Waals surface area contributed by atoms with Crippen LogP contribution in [0.3, 0.4) is 0 Å². The fourth-order valence-corrected chi connectivity index (χ4v) is 4.59. The molecule has 3 aromatic rings. The number of hydrogen-bond acceptors (Lipinski definition) is 6. The first kappa shape index (κ1) is 30.3. The smallest absolute Gasteiger partial charge is 0.416 e. The van der Waals surface area contributed by atoms with Crippen LogP contribution in [0.2, 0.25) is 5.02 Å². The first-order valence-electron chi connectivity index (χ1n) is 12.9. The van der Waals surface area contributed by atoms with Crippen LogP contribution in [0.4, 0.5) is 13.2 Å². The number of carbonyl (C=O) groups is 2. The topological polar surface area (TPSA) is 84.0 Å². The van der Waals surface area contributed by atoms with Crippen LogP contribution in [-0.2, 0) is 22.3 Å². The predicted octanol–water partition coefficient (Wildman–Crippen LogP) is 5.02. The number of benzene rings is 2. The van der Waals surface area contributed by atoms with Gasteiger partial charge in [0.25, 0.3) is 5.91 Å². The number of alkyl halides is 3. The number of pyridine rings is 1. The highest BCUT2D eigenvalue weighted by atomic mass is 35.5. The molecule has 1 fully saturated rings. The second kappa shape index (κ2) is 13.3. The number of nitrogens with one attached hydrogen (secondary N) is 1. The van der Waals surface area contributed by atoms with E-state index in [1.807, 2.05) is 44.4 Å². The molecule has 0 spiro atoms. The monoisotopic (exact) mass is 590 g/mol. The van der Waals surface area contributed by atoms with E-state index in [0.717, 1.165) is 30.2 Å². The molecule has 1 aliphatic heterocycles. The van der Waals surface area contributed by atoms with Crippen molar-refractivity contribution in [1.29, 1.82) is 0 Å². The van der Waals surface area contributed by atoms with E-state index in [4.69, 9.17) is 21.1 Å². The van der Waals surface area contributed by atoms with E-state index in [0.29, 0.717) is 13.1 Å². The molecule has 2 heterocycles. The van der Waals surface area contributed by atoms with Gasteiger partial charge in [-0.05, 0) is 56.4 Å². The number of nitrogens with zero attached hydrogens (tertiary/aromatic N) is 3. The normalized spacial score (nSPS) is 16.1. The lowest BCUT2D eigenvalue weighted by Crippen LogP contribution is -2.51. The van der Waals surface area contributed by atoms with Crippen molar-refractivity contribution >= 4 is 23.4 Å². The van der Waals surface area contributed by atoms with Gasteiger partial charge in [-0.2, -0.15) is 13.2 Å². The van der Waals surface area contributed by atoms with Gasteiger partial charge in [0.2, 0.25) is 11.8 Å². The van der Waals surface area contributed by atoms with Crippen LogP contribution in [-0.4, -0.2) is 72.5 Å². The molecule has 12 heteroatoms. The van der Waals surface area contributed by atoms with E-state index in [9.17, 15) is 22.8 Å². The molecule has 8 nitrogen and oxygen atoms in total. The third kappa shape index (κ3) is 7.96. The number of hydrogen-bond donors (Lipinski definition) is 1. The van der Waals surface area contributed by atoms with Gasteiger partial charge in [0, 0.05) is 25.3 Å². The second-order valence-electron chi connectivity index (χ2n) is 9.82. The number of halogens is 4. The molecular weight excluding hydrogens is 561 g/mol. The van der Waals surface area contributed by atoms with Crippen LogP contribution in [0.5, 0.6) is 11.6 Å². The molecule has 2 atom stereocenters. The molecule has 0 bridgehead atoms. The maximum absolute atomic E-state index is 13.5. The van der Waals surface area contributed by atoms with Crippen LogP contribution in [0.15, 0.2) is 66.9 Å². The van der Waals surface area contributed by atoms with Gasteiger partial charge < -0.3 is 24.6 Å². The number of likely N-dealkylation sites (N-methyl/N-ethyl adjacent to an activating group) is 1.